The minimum absolute atomic E-state index is 0.00648. The van der Waals surface area contributed by atoms with E-state index in [0.717, 1.165) is 27.0 Å². The summed E-state index contributed by atoms with van der Waals surface area (Å²) in [4.78, 5) is 24.6. The molecule has 0 saturated carbocycles. The second-order valence-electron chi connectivity index (χ2n) is 5.78. The van der Waals surface area contributed by atoms with Crippen LogP contribution in [0.25, 0.3) is 10.9 Å². The standard InChI is InChI=1S/C18H19N3OS/c1-11-6-5-7-14-15(8-12(2)20-17(11)14)18(22)21(4)13(3)16-9-19-10-23-16/h5-10,13H,1-4H3/t13-/m1/s1. The molecule has 1 atom stereocenters. The smallest absolute Gasteiger partial charge is 0.254 e. The number of pyridine rings is 1. The van der Waals surface area contributed by atoms with Crippen molar-refractivity contribution in [2.75, 3.05) is 7.05 Å². The Labute approximate surface area is 139 Å². The van der Waals surface area contributed by atoms with Crippen LogP contribution in [0.1, 0.15) is 39.5 Å². The molecule has 0 N–H and O–H groups in total. The summed E-state index contributed by atoms with van der Waals surface area (Å²) in [5.74, 6) is 0.00648. The third-order valence-corrected chi connectivity index (χ3v) is 5.11. The van der Waals surface area contributed by atoms with Crippen LogP contribution in [-0.4, -0.2) is 27.8 Å². The number of hydrogen-bond donors (Lipinski definition) is 0. The van der Waals surface area contributed by atoms with Gasteiger partial charge in [-0.1, -0.05) is 18.2 Å². The molecule has 5 heteroatoms. The molecule has 0 aliphatic carbocycles. The van der Waals surface area contributed by atoms with Gasteiger partial charge in [0.05, 0.1) is 22.6 Å². The summed E-state index contributed by atoms with van der Waals surface area (Å²) >= 11 is 1.56. The largest absolute Gasteiger partial charge is 0.334 e. The molecule has 0 radical (unpaired) electrons. The molecule has 0 bridgehead atoms. The van der Waals surface area contributed by atoms with Gasteiger partial charge in [-0.3, -0.25) is 14.8 Å². The molecule has 3 aromatic rings. The van der Waals surface area contributed by atoms with Crippen LogP contribution < -0.4 is 0 Å². The van der Waals surface area contributed by atoms with E-state index < -0.39 is 0 Å². The summed E-state index contributed by atoms with van der Waals surface area (Å²) in [6.45, 7) is 5.97. The summed E-state index contributed by atoms with van der Waals surface area (Å²) in [6.07, 6.45) is 1.82. The van der Waals surface area contributed by atoms with Crippen molar-refractivity contribution < 1.29 is 4.79 Å². The Morgan fingerprint density at radius 2 is 2.09 bits per heavy atom. The van der Waals surface area contributed by atoms with Crippen LogP contribution in [0.5, 0.6) is 0 Å². The molecule has 23 heavy (non-hydrogen) atoms. The minimum Gasteiger partial charge on any atom is -0.334 e. The van der Waals surface area contributed by atoms with Gasteiger partial charge in [0.1, 0.15) is 0 Å². The zero-order chi connectivity index (χ0) is 16.6. The van der Waals surface area contributed by atoms with E-state index in [2.05, 4.69) is 9.97 Å². The van der Waals surface area contributed by atoms with Crippen LogP contribution >= 0.6 is 11.3 Å². The molecular formula is C18H19N3OS. The van der Waals surface area contributed by atoms with Crippen molar-refractivity contribution in [1.82, 2.24) is 14.9 Å². The van der Waals surface area contributed by atoms with Crippen molar-refractivity contribution in [2.45, 2.75) is 26.8 Å². The first-order valence-corrected chi connectivity index (χ1v) is 8.39. The van der Waals surface area contributed by atoms with Crippen LogP contribution in [0.4, 0.5) is 0 Å². The quantitative estimate of drug-likeness (QED) is 0.727. The van der Waals surface area contributed by atoms with Crippen LogP contribution in [0.15, 0.2) is 36.0 Å². The van der Waals surface area contributed by atoms with Crippen molar-refractivity contribution in [1.29, 1.82) is 0 Å². The Kier molecular flexibility index (Phi) is 4.13. The van der Waals surface area contributed by atoms with Gasteiger partial charge in [0, 0.05) is 29.2 Å². The average Bonchev–Trinajstić information content (AvgIpc) is 3.07. The molecule has 0 saturated heterocycles. The molecule has 3 rings (SSSR count). The zero-order valence-electron chi connectivity index (χ0n) is 13.7. The summed E-state index contributed by atoms with van der Waals surface area (Å²) < 4.78 is 0. The van der Waals surface area contributed by atoms with Crippen molar-refractivity contribution in [3.63, 3.8) is 0 Å². The lowest BCUT2D eigenvalue weighted by molar-refractivity contribution is 0.0746. The Bertz CT molecular complexity index is 858. The number of nitrogens with zero attached hydrogens (tertiary/aromatic N) is 3. The molecule has 118 valence electrons. The van der Waals surface area contributed by atoms with Gasteiger partial charge in [-0.2, -0.15) is 0 Å². The number of fused-ring (bicyclic) bond motifs is 1. The van der Waals surface area contributed by atoms with Crippen LogP contribution in [0, 0.1) is 13.8 Å². The molecule has 1 aromatic carbocycles. The van der Waals surface area contributed by atoms with Crippen molar-refractivity contribution in [3.8, 4) is 0 Å². The topological polar surface area (TPSA) is 46.1 Å². The monoisotopic (exact) mass is 325 g/mol. The number of rotatable bonds is 3. The fourth-order valence-corrected chi connectivity index (χ4v) is 3.41. The first-order chi connectivity index (χ1) is 11.0. The first kappa shape index (κ1) is 15.6. The van der Waals surface area contributed by atoms with Crippen molar-refractivity contribution in [3.05, 3.63) is 57.7 Å². The predicted octanol–water partition coefficient (Wildman–Crippen LogP) is 4.14. The summed E-state index contributed by atoms with van der Waals surface area (Å²) in [5.41, 5.74) is 5.33. The van der Waals surface area contributed by atoms with E-state index in [1.54, 1.807) is 21.7 Å². The highest BCUT2D eigenvalue weighted by atomic mass is 32.1. The summed E-state index contributed by atoms with van der Waals surface area (Å²) in [7, 11) is 1.84. The Hall–Kier alpha value is -2.27. The fourth-order valence-electron chi connectivity index (χ4n) is 2.69. The molecular weight excluding hydrogens is 306 g/mol. The number of carbonyl (C=O) groups excluding carboxylic acids is 1. The number of carbonyl (C=O) groups is 1. The third-order valence-electron chi connectivity index (χ3n) is 4.16. The van der Waals surface area contributed by atoms with E-state index in [0.29, 0.717) is 5.56 Å². The maximum absolute atomic E-state index is 13.0. The van der Waals surface area contributed by atoms with Gasteiger partial charge in [-0.15, -0.1) is 11.3 Å². The number of thiazole rings is 1. The zero-order valence-corrected chi connectivity index (χ0v) is 14.5. The van der Waals surface area contributed by atoms with E-state index in [9.17, 15) is 4.79 Å². The SMILES string of the molecule is Cc1cc(C(=O)N(C)[C@H](C)c2cncs2)c2cccc(C)c2n1. The number of aromatic nitrogens is 2. The Balaban J connectivity index is 2.06. The van der Waals surface area contributed by atoms with E-state index in [4.69, 9.17) is 0 Å². The Morgan fingerprint density at radius 1 is 1.30 bits per heavy atom. The first-order valence-electron chi connectivity index (χ1n) is 7.51. The summed E-state index contributed by atoms with van der Waals surface area (Å²) in [5, 5.41) is 0.906. The lowest BCUT2D eigenvalue weighted by Gasteiger charge is -2.24. The van der Waals surface area contributed by atoms with E-state index >= 15 is 0 Å². The van der Waals surface area contributed by atoms with Gasteiger partial charge in [0.25, 0.3) is 5.91 Å². The number of amides is 1. The molecule has 4 nitrogen and oxygen atoms in total. The number of benzene rings is 1. The van der Waals surface area contributed by atoms with Crippen LogP contribution in [0.2, 0.25) is 0 Å². The lowest BCUT2D eigenvalue weighted by atomic mass is 10.0. The minimum atomic E-state index is -0.0108. The normalized spacial score (nSPS) is 12.3. The van der Waals surface area contributed by atoms with Crippen LogP contribution in [-0.2, 0) is 0 Å². The van der Waals surface area contributed by atoms with Gasteiger partial charge >= 0.3 is 0 Å². The van der Waals surface area contributed by atoms with Gasteiger partial charge < -0.3 is 4.90 Å². The fraction of sp³-hybridized carbons (Fsp3) is 0.278. The maximum atomic E-state index is 13.0. The highest BCUT2D eigenvalue weighted by Gasteiger charge is 2.22. The molecule has 2 aromatic heterocycles. The molecule has 1 amide bonds. The van der Waals surface area contributed by atoms with Gasteiger partial charge in [-0.25, -0.2) is 0 Å². The number of para-hydroxylation sites is 1. The predicted molar refractivity (Wildman–Crippen MR) is 93.8 cm³/mol. The van der Waals surface area contributed by atoms with Crippen molar-refractivity contribution >= 4 is 28.1 Å². The van der Waals surface area contributed by atoms with Gasteiger partial charge in [0.2, 0.25) is 0 Å². The average molecular weight is 325 g/mol. The number of aryl methyl sites for hydroxylation is 2. The highest BCUT2D eigenvalue weighted by molar-refractivity contribution is 7.09. The van der Waals surface area contributed by atoms with E-state index in [1.807, 2.05) is 58.3 Å². The Morgan fingerprint density at radius 3 is 2.78 bits per heavy atom. The molecule has 2 heterocycles. The second kappa shape index (κ2) is 6.08. The molecule has 0 unspecified atom stereocenters. The van der Waals surface area contributed by atoms with Gasteiger partial charge in [0.15, 0.2) is 0 Å². The molecule has 0 spiro atoms. The highest BCUT2D eigenvalue weighted by Crippen LogP contribution is 2.27. The molecule has 0 fully saturated rings. The lowest BCUT2D eigenvalue weighted by Crippen LogP contribution is -2.29. The van der Waals surface area contributed by atoms with Gasteiger partial charge in [-0.05, 0) is 32.4 Å². The number of hydrogen-bond acceptors (Lipinski definition) is 4. The van der Waals surface area contributed by atoms with E-state index in [1.165, 1.54) is 0 Å². The van der Waals surface area contributed by atoms with E-state index in [-0.39, 0.29) is 11.9 Å². The van der Waals surface area contributed by atoms with Crippen molar-refractivity contribution in [2.24, 2.45) is 0 Å². The van der Waals surface area contributed by atoms with Crippen LogP contribution in [0.3, 0.4) is 0 Å². The second-order valence-corrected chi connectivity index (χ2v) is 6.70. The third kappa shape index (κ3) is 2.84. The molecule has 0 aliphatic rings. The molecule has 0 aliphatic heterocycles. The summed E-state index contributed by atoms with van der Waals surface area (Å²) in [6, 6.07) is 7.82. The maximum Gasteiger partial charge on any atom is 0.254 e.